The Morgan fingerprint density at radius 1 is 1.00 bits per heavy atom. The summed E-state index contributed by atoms with van der Waals surface area (Å²) in [7, 11) is 1.61. The van der Waals surface area contributed by atoms with E-state index in [1.165, 1.54) is 0 Å². The van der Waals surface area contributed by atoms with Crippen molar-refractivity contribution in [2.24, 2.45) is 5.10 Å². The van der Waals surface area contributed by atoms with Crippen LogP contribution in [-0.2, 0) is 0 Å². The van der Waals surface area contributed by atoms with Crippen LogP contribution >= 0.6 is 0 Å². The Morgan fingerprint density at radius 2 is 1.82 bits per heavy atom. The first-order valence-corrected chi connectivity index (χ1v) is 11.3. The molecule has 1 N–H and O–H groups in total. The van der Waals surface area contributed by atoms with Crippen LogP contribution < -0.4 is 14.9 Å². The van der Waals surface area contributed by atoms with Gasteiger partial charge >= 0.3 is 0 Å². The van der Waals surface area contributed by atoms with Crippen LogP contribution in [0.4, 0.5) is 0 Å². The molecular weight excluding hydrogens is 426 g/mol. The quantitative estimate of drug-likeness (QED) is 0.196. The SMILES string of the molecule is CCCCOc1ccc(-c2cc(C(=O)N/N=C/c3cccc(OC)c3)c3ccccc3n2)cc1. The molecule has 172 valence electrons. The zero-order valence-electron chi connectivity index (χ0n) is 19.3. The summed E-state index contributed by atoms with van der Waals surface area (Å²) < 4.78 is 11.0. The maximum Gasteiger partial charge on any atom is 0.272 e. The lowest BCUT2D eigenvalue weighted by molar-refractivity contribution is 0.0956. The minimum absolute atomic E-state index is 0.307. The van der Waals surface area contributed by atoms with E-state index in [9.17, 15) is 4.79 Å². The third-order valence-corrected chi connectivity index (χ3v) is 5.35. The van der Waals surface area contributed by atoms with Gasteiger partial charge in [-0.3, -0.25) is 4.79 Å². The van der Waals surface area contributed by atoms with E-state index in [2.05, 4.69) is 17.5 Å². The Labute approximate surface area is 199 Å². The molecule has 1 aromatic heterocycles. The monoisotopic (exact) mass is 453 g/mol. The first-order chi connectivity index (χ1) is 16.7. The third-order valence-electron chi connectivity index (χ3n) is 5.35. The van der Waals surface area contributed by atoms with Gasteiger partial charge in [0.25, 0.3) is 5.91 Å². The number of para-hydroxylation sites is 1. The Balaban J connectivity index is 1.58. The largest absolute Gasteiger partial charge is 0.497 e. The van der Waals surface area contributed by atoms with Gasteiger partial charge in [0, 0.05) is 10.9 Å². The maximum absolute atomic E-state index is 13.1. The van der Waals surface area contributed by atoms with Crippen molar-refractivity contribution >= 4 is 23.0 Å². The number of aromatic nitrogens is 1. The lowest BCUT2D eigenvalue weighted by Gasteiger charge is -2.10. The summed E-state index contributed by atoms with van der Waals surface area (Å²) in [5.41, 5.74) is 6.32. The summed E-state index contributed by atoms with van der Waals surface area (Å²) in [4.78, 5) is 17.8. The van der Waals surface area contributed by atoms with Gasteiger partial charge in [0.05, 0.1) is 36.7 Å². The number of benzene rings is 3. The number of methoxy groups -OCH3 is 1. The molecule has 0 bridgehead atoms. The van der Waals surface area contributed by atoms with E-state index < -0.39 is 0 Å². The number of hydrogen-bond acceptors (Lipinski definition) is 5. The third kappa shape index (κ3) is 5.59. The topological polar surface area (TPSA) is 72.8 Å². The van der Waals surface area contributed by atoms with E-state index in [0.717, 1.165) is 46.4 Å². The summed E-state index contributed by atoms with van der Waals surface area (Å²) in [6.45, 7) is 2.83. The molecule has 34 heavy (non-hydrogen) atoms. The number of hydrogen-bond donors (Lipinski definition) is 1. The van der Waals surface area contributed by atoms with Crippen molar-refractivity contribution in [1.29, 1.82) is 0 Å². The number of pyridine rings is 1. The molecule has 6 nitrogen and oxygen atoms in total. The van der Waals surface area contributed by atoms with E-state index in [4.69, 9.17) is 14.5 Å². The normalized spacial score (nSPS) is 11.0. The Kier molecular flexibility index (Phi) is 7.50. The first-order valence-electron chi connectivity index (χ1n) is 11.3. The molecular formula is C28H27N3O3. The molecule has 4 rings (SSSR count). The van der Waals surface area contributed by atoms with Gasteiger partial charge in [0.2, 0.25) is 0 Å². The molecule has 6 heteroatoms. The second kappa shape index (κ2) is 11.1. The number of amides is 1. The van der Waals surface area contributed by atoms with Crippen molar-refractivity contribution in [2.75, 3.05) is 13.7 Å². The highest BCUT2D eigenvalue weighted by molar-refractivity contribution is 6.07. The van der Waals surface area contributed by atoms with Gasteiger partial charge in [-0.15, -0.1) is 0 Å². The average molecular weight is 454 g/mol. The van der Waals surface area contributed by atoms with Crippen LogP contribution in [-0.4, -0.2) is 30.8 Å². The van der Waals surface area contributed by atoms with Gasteiger partial charge < -0.3 is 9.47 Å². The van der Waals surface area contributed by atoms with Gasteiger partial charge in [0.1, 0.15) is 11.5 Å². The van der Waals surface area contributed by atoms with Crippen molar-refractivity contribution in [3.05, 3.63) is 90.0 Å². The molecule has 0 radical (unpaired) electrons. The molecule has 1 heterocycles. The Bertz CT molecular complexity index is 1300. The first kappa shape index (κ1) is 23.0. The number of fused-ring (bicyclic) bond motifs is 1. The van der Waals surface area contributed by atoms with Crippen LogP contribution in [0.25, 0.3) is 22.2 Å². The summed E-state index contributed by atoms with van der Waals surface area (Å²) >= 11 is 0. The standard InChI is InChI=1S/C28H27N3O3/c1-3-4-16-34-22-14-12-21(13-15-22)27-18-25(24-10-5-6-11-26(24)30-27)28(32)31-29-19-20-8-7-9-23(17-20)33-2/h5-15,17-19H,3-4,16H2,1-2H3,(H,31,32)/b29-19+. The van der Waals surface area contributed by atoms with Gasteiger partial charge in [0.15, 0.2) is 0 Å². The predicted molar refractivity (Wildman–Crippen MR) is 136 cm³/mol. The van der Waals surface area contributed by atoms with Crippen molar-refractivity contribution < 1.29 is 14.3 Å². The summed E-state index contributed by atoms with van der Waals surface area (Å²) in [5.74, 6) is 1.24. The number of carbonyl (C=O) groups is 1. The lowest BCUT2D eigenvalue weighted by atomic mass is 10.0. The van der Waals surface area contributed by atoms with Gasteiger partial charge in [-0.05, 0) is 60.5 Å². The van der Waals surface area contributed by atoms with Gasteiger partial charge in [-0.25, -0.2) is 10.4 Å². The van der Waals surface area contributed by atoms with Crippen LogP contribution in [0.1, 0.15) is 35.7 Å². The Hall–Kier alpha value is -4.19. The minimum atomic E-state index is -0.307. The number of hydrazone groups is 1. The van der Waals surface area contributed by atoms with Crippen molar-refractivity contribution in [3.8, 4) is 22.8 Å². The summed E-state index contributed by atoms with van der Waals surface area (Å²) in [6, 6.07) is 24.6. The van der Waals surface area contributed by atoms with Gasteiger partial charge in [-0.1, -0.05) is 43.7 Å². The zero-order chi connectivity index (χ0) is 23.8. The predicted octanol–water partition coefficient (Wildman–Crippen LogP) is 5.85. The van der Waals surface area contributed by atoms with Crippen LogP contribution in [0.15, 0.2) is 84.0 Å². The second-order valence-electron chi connectivity index (χ2n) is 7.77. The van der Waals surface area contributed by atoms with Crippen molar-refractivity contribution in [1.82, 2.24) is 10.4 Å². The molecule has 0 atom stereocenters. The molecule has 3 aromatic carbocycles. The lowest BCUT2D eigenvalue weighted by Crippen LogP contribution is -2.18. The van der Waals surface area contributed by atoms with Gasteiger partial charge in [-0.2, -0.15) is 5.10 Å². The summed E-state index contributed by atoms with van der Waals surface area (Å²) in [6.07, 6.45) is 3.70. The van der Waals surface area contributed by atoms with E-state index >= 15 is 0 Å². The molecule has 1 amide bonds. The number of unbranched alkanes of at least 4 members (excludes halogenated alkanes) is 1. The maximum atomic E-state index is 13.1. The van der Waals surface area contributed by atoms with E-state index in [-0.39, 0.29) is 5.91 Å². The molecule has 0 saturated carbocycles. The number of nitrogens with zero attached hydrogens (tertiary/aromatic N) is 2. The average Bonchev–Trinajstić information content (AvgIpc) is 2.88. The highest BCUT2D eigenvalue weighted by Gasteiger charge is 2.13. The van der Waals surface area contributed by atoms with Crippen LogP contribution in [0.3, 0.4) is 0 Å². The number of rotatable bonds is 9. The molecule has 0 aliphatic carbocycles. The number of carbonyl (C=O) groups excluding carboxylic acids is 1. The Morgan fingerprint density at radius 3 is 2.62 bits per heavy atom. The molecule has 0 aliphatic rings. The molecule has 4 aromatic rings. The molecule has 0 unspecified atom stereocenters. The smallest absolute Gasteiger partial charge is 0.272 e. The fraction of sp³-hybridized carbons (Fsp3) is 0.179. The highest BCUT2D eigenvalue weighted by Crippen LogP contribution is 2.26. The zero-order valence-corrected chi connectivity index (χ0v) is 19.3. The number of ether oxygens (including phenoxy) is 2. The molecule has 0 fully saturated rings. The second-order valence-corrected chi connectivity index (χ2v) is 7.77. The minimum Gasteiger partial charge on any atom is -0.497 e. The molecule has 0 aliphatic heterocycles. The van der Waals surface area contributed by atoms with Crippen LogP contribution in [0.5, 0.6) is 11.5 Å². The van der Waals surface area contributed by atoms with Crippen LogP contribution in [0, 0.1) is 0 Å². The van der Waals surface area contributed by atoms with E-state index in [1.807, 2.05) is 72.8 Å². The highest BCUT2D eigenvalue weighted by atomic mass is 16.5. The van der Waals surface area contributed by atoms with Crippen molar-refractivity contribution in [3.63, 3.8) is 0 Å². The van der Waals surface area contributed by atoms with E-state index in [1.54, 1.807) is 19.4 Å². The van der Waals surface area contributed by atoms with E-state index in [0.29, 0.717) is 17.9 Å². The van der Waals surface area contributed by atoms with Crippen LogP contribution in [0.2, 0.25) is 0 Å². The van der Waals surface area contributed by atoms with Crippen molar-refractivity contribution in [2.45, 2.75) is 19.8 Å². The number of nitrogens with one attached hydrogen (secondary N) is 1. The molecule has 0 saturated heterocycles. The fourth-order valence-corrected chi connectivity index (χ4v) is 3.51. The fourth-order valence-electron chi connectivity index (χ4n) is 3.51. The molecule has 0 spiro atoms. The summed E-state index contributed by atoms with van der Waals surface area (Å²) in [5, 5.41) is 4.90.